The zero-order valence-corrected chi connectivity index (χ0v) is 11.7. The van der Waals surface area contributed by atoms with Crippen molar-refractivity contribution in [1.82, 2.24) is 15.3 Å². The minimum absolute atomic E-state index is 0.837. The predicted molar refractivity (Wildman–Crippen MR) is 82.5 cm³/mol. The molecule has 3 heteroatoms. The highest BCUT2D eigenvalue weighted by Crippen LogP contribution is 2.26. The number of rotatable bonds is 3. The van der Waals surface area contributed by atoms with Gasteiger partial charge in [0, 0.05) is 29.4 Å². The lowest BCUT2D eigenvalue weighted by Crippen LogP contribution is -2.05. The molecule has 0 aliphatic heterocycles. The molecule has 1 N–H and O–H groups in total. The summed E-state index contributed by atoms with van der Waals surface area (Å²) in [7, 11) is 1.94. The van der Waals surface area contributed by atoms with E-state index < -0.39 is 0 Å². The quantitative estimate of drug-likeness (QED) is 0.787. The maximum absolute atomic E-state index is 4.57. The van der Waals surface area contributed by atoms with Gasteiger partial charge in [-0.3, -0.25) is 9.97 Å². The van der Waals surface area contributed by atoms with E-state index in [0.29, 0.717) is 0 Å². The average Bonchev–Trinajstić information content (AvgIpc) is 2.47. The fourth-order valence-corrected chi connectivity index (χ4v) is 2.37. The molecule has 20 heavy (non-hydrogen) atoms. The van der Waals surface area contributed by atoms with Gasteiger partial charge in [0.1, 0.15) is 0 Å². The number of hydrogen-bond acceptors (Lipinski definition) is 3. The first-order valence-electron chi connectivity index (χ1n) is 6.74. The van der Waals surface area contributed by atoms with Crippen molar-refractivity contribution in [2.45, 2.75) is 13.5 Å². The Labute approximate surface area is 118 Å². The van der Waals surface area contributed by atoms with Crippen LogP contribution in [0.1, 0.15) is 11.3 Å². The smallest absolute Gasteiger partial charge is 0.0711 e. The number of aromatic nitrogens is 2. The maximum Gasteiger partial charge on any atom is 0.0711 e. The summed E-state index contributed by atoms with van der Waals surface area (Å²) in [5, 5.41) is 4.27. The normalized spacial score (nSPS) is 10.9. The van der Waals surface area contributed by atoms with Gasteiger partial charge in [-0.1, -0.05) is 24.3 Å². The summed E-state index contributed by atoms with van der Waals surface area (Å²) in [4.78, 5) is 9.14. The molecule has 0 saturated heterocycles. The standard InChI is InChI=1S/C17H17N3/c1-12-6-8-15-14(4-3-5-17(15)20-12)16-9-7-13(10-18-2)11-19-16/h3-9,11,18H,10H2,1-2H3. The summed E-state index contributed by atoms with van der Waals surface area (Å²) in [6.45, 7) is 2.85. The molecule has 0 aliphatic carbocycles. The molecule has 0 amide bonds. The highest BCUT2D eigenvalue weighted by atomic mass is 14.8. The summed E-state index contributed by atoms with van der Waals surface area (Å²) in [5.41, 5.74) is 5.35. The second-order valence-corrected chi connectivity index (χ2v) is 4.91. The number of aryl methyl sites for hydroxylation is 1. The molecule has 0 unspecified atom stereocenters. The molecule has 100 valence electrons. The number of hydrogen-bond donors (Lipinski definition) is 1. The van der Waals surface area contributed by atoms with Crippen LogP contribution in [-0.2, 0) is 6.54 Å². The summed E-state index contributed by atoms with van der Waals surface area (Å²) in [6.07, 6.45) is 1.92. The van der Waals surface area contributed by atoms with Gasteiger partial charge in [0.15, 0.2) is 0 Å². The second kappa shape index (κ2) is 5.39. The summed E-state index contributed by atoms with van der Waals surface area (Å²) >= 11 is 0. The molecule has 0 atom stereocenters. The van der Waals surface area contributed by atoms with E-state index in [4.69, 9.17) is 0 Å². The molecular formula is C17H17N3. The van der Waals surface area contributed by atoms with Crippen LogP contribution < -0.4 is 5.32 Å². The van der Waals surface area contributed by atoms with Gasteiger partial charge in [0.05, 0.1) is 11.2 Å². The average molecular weight is 263 g/mol. The summed E-state index contributed by atoms with van der Waals surface area (Å²) in [6, 6.07) is 14.5. The van der Waals surface area contributed by atoms with Crippen LogP contribution in [-0.4, -0.2) is 17.0 Å². The van der Waals surface area contributed by atoms with E-state index in [1.54, 1.807) is 0 Å². The summed E-state index contributed by atoms with van der Waals surface area (Å²) in [5.74, 6) is 0. The Kier molecular flexibility index (Phi) is 3.44. The topological polar surface area (TPSA) is 37.8 Å². The van der Waals surface area contributed by atoms with Gasteiger partial charge in [0.25, 0.3) is 0 Å². The van der Waals surface area contributed by atoms with Gasteiger partial charge in [-0.2, -0.15) is 0 Å². The molecule has 1 aromatic carbocycles. The number of pyridine rings is 2. The zero-order valence-electron chi connectivity index (χ0n) is 11.7. The van der Waals surface area contributed by atoms with E-state index in [0.717, 1.165) is 34.4 Å². The number of nitrogens with one attached hydrogen (secondary N) is 1. The van der Waals surface area contributed by atoms with Crippen LogP contribution in [0.4, 0.5) is 0 Å². The van der Waals surface area contributed by atoms with E-state index in [2.05, 4.69) is 39.6 Å². The third-order valence-electron chi connectivity index (χ3n) is 3.35. The van der Waals surface area contributed by atoms with Crippen LogP contribution >= 0.6 is 0 Å². The Morgan fingerprint density at radius 3 is 2.70 bits per heavy atom. The van der Waals surface area contributed by atoms with Gasteiger partial charge < -0.3 is 5.32 Å². The first-order valence-corrected chi connectivity index (χ1v) is 6.74. The van der Waals surface area contributed by atoms with Gasteiger partial charge in [-0.25, -0.2) is 0 Å². The minimum atomic E-state index is 0.837. The lowest BCUT2D eigenvalue weighted by Gasteiger charge is -2.07. The van der Waals surface area contributed by atoms with E-state index in [1.807, 2.05) is 38.4 Å². The van der Waals surface area contributed by atoms with Crippen LogP contribution in [0.5, 0.6) is 0 Å². The number of fused-ring (bicyclic) bond motifs is 1. The van der Waals surface area contributed by atoms with Gasteiger partial charge in [-0.15, -0.1) is 0 Å². The second-order valence-electron chi connectivity index (χ2n) is 4.91. The number of benzene rings is 1. The van der Waals surface area contributed by atoms with Crippen molar-refractivity contribution in [1.29, 1.82) is 0 Å². The SMILES string of the molecule is CNCc1ccc(-c2cccc3nc(C)ccc23)nc1. The zero-order chi connectivity index (χ0) is 13.9. The summed E-state index contributed by atoms with van der Waals surface area (Å²) < 4.78 is 0. The van der Waals surface area contributed by atoms with E-state index in [-0.39, 0.29) is 0 Å². The molecule has 2 heterocycles. The lowest BCUT2D eigenvalue weighted by molar-refractivity contribution is 0.813. The Morgan fingerprint density at radius 2 is 1.95 bits per heavy atom. The first-order chi connectivity index (χ1) is 9.78. The van der Waals surface area contributed by atoms with Crippen LogP contribution in [0.2, 0.25) is 0 Å². The van der Waals surface area contributed by atoms with Crippen LogP contribution in [0.15, 0.2) is 48.7 Å². The lowest BCUT2D eigenvalue weighted by atomic mass is 10.0. The third kappa shape index (κ3) is 2.40. The highest BCUT2D eigenvalue weighted by molar-refractivity contribution is 5.93. The van der Waals surface area contributed by atoms with E-state index in [9.17, 15) is 0 Å². The molecule has 0 aliphatic rings. The van der Waals surface area contributed by atoms with Crippen molar-refractivity contribution in [3.63, 3.8) is 0 Å². The fraction of sp³-hybridized carbons (Fsp3) is 0.176. The predicted octanol–water partition coefficient (Wildman–Crippen LogP) is 3.32. The maximum atomic E-state index is 4.57. The Balaban J connectivity index is 2.09. The van der Waals surface area contributed by atoms with Crippen LogP contribution in [0, 0.1) is 6.92 Å². The molecule has 0 fully saturated rings. The largest absolute Gasteiger partial charge is 0.316 e. The van der Waals surface area contributed by atoms with Crippen molar-refractivity contribution in [2.24, 2.45) is 0 Å². The Morgan fingerprint density at radius 1 is 1.05 bits per heavy atom. The Bertz CT molecular complexity index is 733. The Hall–Kier alpha value is -2.26. The molecule has 2 aromatic heterocycles. The van der Waals surface area contributed by atoms with Crippen LogP contribution in [0.25, 0.3) is 22.2 Å². The van der Waals surface area contributed by atoms with Crippen molar-refractivity contribution in [3.8, 4) is 11.3 Å². The van der Waals surface area contributed by atoms with Gasteiger partial charge >= 0.3 is 0 Å². The first kappa shape index (κ1) is 12.8. The van der Waals surface area contributed by atoms with Crippen molar-refractivity contribution < 1.29 is 0 Å². The van der Waals surface area contributed by atoms with E-state index >= 15 is 0 Å². The van der Waals surface area contributed by atoms with Crippen molar-refractivity contribution in [3.05, 3.63) is 59.9 Å². The van der Waals surface area contributed by atoms with E-state index in [1.165, 1.54) is 5.56 Å². The molecule has 0 saturated carbocycles. The fourth-order valence-electron chi connectivity index (χ4n) is 2.37. The molecule has 3 rings (SSSR count). The molecule has 0 spiro atoms. The molecule has 0 radical (unpaired) electrons. The van der Waals surface area contributed by atoms with Crippen molar-refractivity contribution in [2.75, 3.05) is 7.05 Å². The molecule has 3 aromatic rings. The van der Waals surface area contributed by atoms with Gasteiger partial charge in [-0.05, 0) is 37.7 Å². The van der Waals surface area contributed by atoms with Gasteiger partial charge in [0.2, 0.25) is 0 Å². The highest BCUT2D eigenvalue weighted by Gasteiger charge is 2.06. The monoisotopic (exact) mass is 263 g/mol. The van der Waals surface area contributed by atoms with Crippen molar-refractivity contribution >= 4 is 10.9 Å². The molecule has 0 bridgehead atoms. The van der Waals surface area contributed by atoms with Crippen LogP contribution in [0.3, 0.4) is 0 Å². The molecular weight excluding hydrogens is 246 g/mol. The third-order valence-corrected chi connectivity index (χ3v) is 3.35. The number of nitrogens with zero attached hydrogens (tertiary/aromatic N) is 2. The minimum Gasteiger partial charge on any atom is -0.316 e. The molecule has 3 nitrogen and oxygen atoms in total.